The van der Waals surface area contributed by atoms with Crippen molar-refractivity contribution in [3.63, 3.8) is 0 Å². The highest BCUT2D eigenvalue weighted by Crippen LogP contribution is 2.17. The summed E-state index contributed by atoms with van der Waals surface area (Å²) in [4.78, 5) is 0. The zero-order valence-electron chi connectivity index (χ0n) is 11.7. The van der Waals surface area contributed by atoms with E-state index < -0.39 is 0 Å². The highest BCUT2D eigenvalue weighted by Gasteiger charge is 1.97. The molecule has 2 N–H and O–H groups in total. The Kier molecular flexibility index (Phi) is 7.97. The molecule has 0 aliphatic rings. The first-order valence-electron chi connectivity index (χ1n) is 6.37. The van der Waals surface area contributed by atoms with Crippen LogP contribution in [0.5, 0.6) is 5.75 Å². The van der Waals surface area contributed by atoms with Crippen LogP contribution in [-0.2, 0) is 14.2 Å². The lowest BCUT2D eigenvalue weighted by molar-refractivity contribution is 0.0180. The van der Waals surface area contributed by atoms with Crippen LogP contribution in [0.4, 0.5) is 5.69 Å². The molecule has 0 aliphatic carbocycles. The van der Waals surface area contributed by atoms with E-state index in [0.29, 0.717) is 45.3 Å². The summed E-state index contributed by atoms with van der Waals surface area (Å²) in [6.45, 7) is 5.35. The normalized spacial score (nSPS) is 10.6. The molecular weight excluding hydrogens is 246 g/mol. The Morgan fingerprint density at radius 1 is 0.895 bits per heavy atom. The summed E-state index contributed by atoms with van der Waals surface area (Å²) in [7, 11) is 1.65. The molecule has 0 saturated heterocycles. The van der Waals surface area contributed by atoms with E-state index in [9.17, 15) is 0 Å². The number of methoxy groups -OCH3 is 1. The van der Waals surface area contributed by atoms with E-state index in [1.165, 1.54) is 0 Å². The summed E-state index contributed by atoms with van der Waals surface area (Å²) in [5, 5.41) is 0. The fourth-order valence-electron chi connectivity index (χ4n) is 1.54. The second kappa shape index (κ2) is 9.61. The van der Waals surface area contributed by atoms with Crippen molar-refractivity contribution < 1.29 is 18.9 Å². The topological polar surface area (TPSA) is 62.9 Å². The third-order valence-corrected chi connectivity index (χ3v) is 2.37. The highest BCUT2D eigenvalue weighted by molar-refractivity contribution is 5.47. The monoisotopic (exact) mass is 269 g/mol. The SMILES string of the molecule is COCCOCCOCCOc1cc(C)cc(N)c1. The molecule has 0 fully saturated rings. The van der Waals surface area contributed by atoms with Gasteiger partial charge in [0.25, 0.3) is 0 Å². The van der Waals surface area contributed by atoms with Gasteiger partial charge in [-0.1, -0.05) is 0 Å². The number of hydrogen-bond donors (Lipinski definition) is 1. The number of nitrogens with two attached hydrogens (primary N) is 1. The van der Waals surface area contributed by atoms with E-state index in [2.05, 4.69) is 0 Å². The molecule has 0 amide bonds. The van der Waals surface area contributed by atoms with Gasteiger partial charge >= 0.3 is 0 Å². The molecule has 0 atom stereocenters. The summed E-state index contributed by atoms with van der Waals surface area (Å²) in [5.74, 6) is 0.775. The zero-order chi connectivity index (χ0) is 13.9. The average Bonchev–Trinajstić information content (AvgIpc) is 2.36. The molecule has 0 bridgehead atoms. The third kappa shape index (κ3) is 7.66. The Hall–Kier alpha value is -1.30. The van der Waals surface area contributed by atoms with Crippen LogP contribution in [0.2, 0.25) is 0 Å². The standard InChI is InChI=1S/C14H23NO4/c1-12-9-13(15)11-14(10-12)19-8-7-18-6-5-17-4-3-16-2/h9-11H,3-8,15H2,1-2H3. The molecule has 1 aromatic rings. The number of hydrogen-bond acceptors (Lipinski definition) is 5. The summed E-state index contributed by atoms with van der Waals surface area (Å²) in [6.07, 6.45) is 0. The molecule has 0 saturated carbocycles. The van der Waals surface area contributed by atoms with Crippen molar-refractivity contribution in [3.8, 4) is 5.75 Å². The van der Waals surface area contributed by atoms with E-state index in [4.69, 9.17) is 24.7 Å². The molecule has 0 radical (unpaired) electrons. The Morgan fingerprint density at radius 2 is 1.53 bits per heavy atom. The van der Waals surface area contributed by atoms with Gasteiger partial charge in [-0.3, -0.25) is 0 Å². The molecule has 0 aromatic heterocycles. The molecule has 5 nitrogen and oxygen atoms in total. The highest BCUT2D eigenvalue weighted by atomic mass is 16.6. The zero-order valence-corrected chi connectivity index (χ0v) is 11.7. The molecule has 0 unspecified atom stereocenters. The lowest BCUT2D eigenvalue weighted by Crippen LogP contribution is -2.12. The van der Waals surface area contributed by atoms with Crippen LogP contribution >= 0.6 is 0 Å². The summed E-state index contributed by atoms with van der Waals surface area (Å²) in [6, 6.07) is 5.66. The minimum absolute atomic E-state index is 0.501. The third-order valence-electron chi connectivity index (χ3n) is 2.37. The maximum atomic E-state index is 5.73. The van der Waals surface area contributed by atoms with Crippen LogP contribution in [-0.4, -0.2) is 46.8 Å². The van der Waals surface area contributed by atoms with E-state index in [-0.39, 0.29) is 0 Å². The lowest BCUT2D eigenvalue weighted by atomic mass is 10.2. The van der Waals surface area contributed by atoms with Gasteiger partial charge in [0.1, 0.15) is 12.4 Å². The molecule has 0 spiro atoms. The Labute approximate surface area is 114 Å². The van der Waals surface area contributed by atoms with Crippen molar-refractivity contribution in [1.82, 2.24) is 0 Å². The van der Waals surface area contributed by atoms with Gasteiger partial charge in [0.05, 0.1) is 33.0 Å². The molecule has 1 aromatic carbocycles. The quantitative estimate of drug-likeness (QED) is 0.517. The second-order valence-corrected chi connectivity index (χ2v) is 4.15. The van der Waals surface area contributed by atoms with Gasteiger partial charge in [-0.2, -0.15) is 0 Å². The van der Waals surface area contributed by atoms with Crippen molar-refractivity contribution in [1.29, 1.82) is 0 Å². The van der Waals surface area contributed by atoms with Crippen LogP contribution in [0.1, 0.15) is 5.56 Å². The number of ether oxygens (including phenoxy) is 4. The summed E-state index contributed by atoms with van der Waals surface area (Å²) >= 11 is 0. The van der Waals surface area contributed by atoms with Crippen LogP contribution in [0, 0.1) is 6.92 Å². The van der Waals surface area contributed by atoms with Crippen molar-refractivity contribution in [3.05, 3.63) is 23.8 Å². The number of nitrogen functional groups attached to an aromatic ring is 1. The minimum Gasteiger partial charge on any atom is -0.491 e. The van der Waals surface area contributed by atoms with Crippen LogP contribution < -0.4 is 10.5 Å². The first-order valence-corrected chi connectivity index (χ1v) is 6.37. The predicted molar refractivity (Wildman–Crippen MR) is 74.6 cm³/mol. The van der Waals surface area contributed by atoms with Crippen molar-refractivity contribution in [2.24, 2.45) is 0 Å². The first-order chi connectivity index (χ1) is 9.22. The summed E-state index contributed by atoms with van der Waals surface area (Å²) < 4.78 is 21.0. The largest absolute Gasteiger partial charge is 0.491 e. The smallest absolute Gasteiger partial charge is 0.121 e. The van der Waals surface area contributed by atoms with Gasteiger partial charge < -0.3 is 24.7 Å². The molecule has 0 heterocycles. The van der Waals surface area contributed by atoms with Gasteiger partial charge in [0.15, 0.2) is 0 Å². The van der Waals surface area contributed by atoms with Crippen molar-refractivity contribution >= 4 is 5.69 Å². The number of aryl methyl sites for hydroxylation is 1. The molecule has 108 valence electrons. The van der Waals surface area contributed by atoms with E-state index in [0.717, 1.165) is 11.3 Å². The second-order valence-electron chi connectivity index (χ2n) is 4.15. The van der Waals surface area contributed by atoms with Crippen LogP contribution in [0.15, 0.2) is 18.2 Å². The van der Waals surface area contributed by atoms with Crippen LogP contribution in [0.25, 0.3) is 0 Å². The fourth-order valence-corrected chi connectivity index (χ4v) is 1.54. The molecular formula is C14H23NO4. The molecule has 19 heavy (non-hydrogen) atoms. The van der Waals surface area contributed by atoms with E-state index in [1.807, 2.05) is 19.1 Å². The van der Waals surface area contributed by atoms with Gasteiger partial charge in [-0.15, -0.1) is 0 Å². The van der Waals surface area contributed by atoms with Gasteiger partial charge in [-0.05, 0) is 24.6 Å². The number of benzene rings is 1. The Balaban J connectivity index is 2.01. The predicted octanol–water partition coefficient (Wildman–Crippen LogP) is 1.64. The number of rotatable bonds is 10. The van der Waals surface area contributed by atoms with Gasteiger partial charge in [0.2, 0.25) is 0 Å². The van der Waals surface area contributed by atoms with Crippen molar-refractivity contribution in [2.45, 2.75) is 6.92 Å². The molecule has 1 rings (SSSR count). The number of anilines is 1. The Morgan fingerprint density at radius 3 is 2.16 bits per heavy atom. The van der Waals surface area contributed by atoms with E-state index >= 15 is 0 Å². The molecule has 5 heteroatoms. The Bertz CT molecular complexity index is 337. The molecule has 0 aliphatic heterocycles. The fraction of sp³-hybridized carbons (Fsp3) is 0.571. The van der Waals surface area contributed by atoms with Gasteiger partial charge in [0, 0.05) is 18.9 Å². The van der Waals surface area contributed by atoms with Gasteiger partial charge in [-0.25, -0.2) is 0 Å². The average molecular weight is 269 g/mol. The van der Waals surface area contributed by atoms with E-state index in [1.54, 1.807) is 13.2 Å². The maximum absolute atomic E-state index is 5.73. The minimum atomic E-state index is 0.501. The van der Waals surface area contributed by atoms with Crippen LogP contribution in [0.3, 0.4) is 0 Å². The lowest BCUT2D eigenvalue weighted by Gasteiger charge is -2.09. The summed E-state index contributed by atoms with van der Waals surface area (Å²) in [5.41, 5.74) is 7.53. The first kappa shape index (κ1) is 15.8. The maximum Gasteiger partial charge on any atom is 0.121 e. The van der Waals surface area contributed by atoms with Crippen molar-refractivity contribution in [2.75, 3.05) is 52.5 Å².